The lowest BCUT2D eigenvalue weighted by molar-refractivity contribution is -0.137. The first-order valence-corrected chi connectivity index (χ1v) is 10.7. The van der Waals surface area contributed by atoms with Gasteiger partial charge in [-0.1, -0.05) is 13.0 Å². The van der Waals surface area contributed by atoms with Gasteiger partial charge in [-0.3, -0.25) is 4.98 Å². The molecule has 2 aliphatic rings. The van der Waals surface area contributed by atoms with Gasteiger partial charge in [0.15, 0.2) is 5.88 Å². The van der Waals surface area contributed by atoms with Crippen LogP contribution in [0.5, 0.6) is 0 Å². The number of allylic oxidation sites excluding steroid dienone is 1. The quantitative estimate of drug-likeness (QED) is 0.578. The van der Waals surface area contributed by atoms with E-state index < -0.39 is 11.7 Å². The molecule has 1 N–H and O–H groups in total. The average molecular weight is 445 g/mol. The van der Waals surface area contributed by atoms with Gasteiger partial charge in [-0.05, 0) is 62.9 Å². The Morgan fingerprint density at radius 1 is 1.22 bits per heavy atom. The van der Waals surface area contributed by atoms with Crippen molar-refractivity contribution in [2.24, 2.45) is 0 Å². The van der Waals surface area contributed by atoms with E-state index in [1.54, 1.807) is 14.0 Å². The van der Waals surface area contributed by atoms with Gasteiger partial charge in [-0.2, -0.15) is 13.2 Å². The number of alkyl halides is 3. The summed E-state index contributed by atoms with van der Waals surface area (Å²) >= 11 is 0. The third-order valence-corrected chi connectivity index (χ3v) is 6.52. The van der Waals surface area contributed by atoms with E-state index in [9.17, 15) is 13.2 Å². The minimum atomic E-state index is -4.42. The number of halogens is 3. The lowest BCUT2D eigenvalue weighted by Crippen LogP contribution is -2.40. The highest BCUT2D eigenvalue weighted by Crippen LogP contribution is 2.49. The fraction of sp³-hybridized carbons (Fsp3) is 0.417. The number of methoxy groups -OCH3 is 1. The summed E-state index contributed by atoms with van der Waals surface area (Å²) in [6, 6.07) is 5.17. The van der Waals surface area contributed by atoms with Crippen molar-refractivity contribution in [3.8, 4) is 0 Å². The molecule has 0 aromatic carbocycles. The molecule has 3 heterocycles. The maximum absolute atomic E-state index is 13.0. The molecule has 0 saturated heterocycles. The van der Waals surface area contributed by atoms with Crippen molar-refractivity contribution in [3.63, 3.8) is 0 Å². The normalized spacial score (nSPS) is 17.2. The van der Waals surface area contributed by atoms with Crippen molar-refractivity contribution in [2.45, 2.75) is 50.6 Å². The van der Waals surface area contributed by atoms with Crippen LogP contribution in [-0.4, -0.2) is 23.6 Å². The van der Waals surface area contributed by atoms with Crippen LogP contribution < -0.4 is 10.2 Å². The van der Waals surface area contributed by atoms with Crippen LogP contribution >= 0.6 is 0 Å². The Morgan fingerprint density at radius 3 is 2.56 bits per heavy atom. The largest absolute Gasteiger partial charge is 0.483 e. The summed E-state index contributed by atoms with van der Waals surface area (Å²) in [5.41, 5.74) is 2.92. The SMILES string of the molecule is C=C(OC)N1CCCc2nc(C3(C(=C)Nc4ncc(C(F)(F)F)cc4C)CCC3)ccc21. The molecule has 1 aliphatic carbocycles. The van der Waals surface area contributed by atoms with Crippen molar-refractivity contribution < 1.29 is 17.9 Å². The number of ether oxygens (including phenoxy) is 1. The molecule has 0 bridgehead atoms. The Kier molecular flexibility index (Phi) is 5.65. The Labute approximate surface area is 186 Å². The summed E-state index contributed by atoms with van der Waals surface area (Å²) in [6.45, 7) is 10.7. The maximum atomic E-state index is 13.0. The van der Waals surface area contributed by atoms with E-state index in [1.807, 2.05) is 11.0 Å². The van der Waals surface area contributed by atoms with Gasteiger partial charge in [0.05, 0.1) is 35.2 Å². The molecule has 0 radical (unpaired) electrons. The highest BCUT2D eigenvalue weighted by molar-refractivity contribution is 5.58. The summed E-state index contributed by atoms with van der Waals surface area (Å²) in [5.74, 6) is 0.976. The Morgan fingerprint density at radius 2 is 1.97 bits per heavy atom. The fourth-order valence-electron chi connectivity index (χ4n) is 4.45. The molecule has 2 aromatic heterocycles. The van der Waals surface area contributed by atoms with E-state index in [1.165, 1.54) is 0 Å². The molecule has 5 nitrogen and oxygen atoms in total. The number of anilines is 2. The highest BCUT2D eigenvalue weighted by Gasteiger charge is 2.43. The van der Waals surface area contributed by atoms with Crippen LogP contribution in [0, 0.1) is 6.92 Å². The molecule has 4 rings (SSSR count). The van der Waals surface area contributed by atoms with Crippen LogP contribution in [0.3, 0.4) is 0 Å². The number of hydrogen-bond acceptors (Lipinski definition) is 5. The van der Waals surface area contributed by atoms with Crippen LogP contribution in [0.15, 0.2) is 49.1 Å². The van der Waals surface area contributed by atoms with Gasteiger partial charge in [-0.15, -0.1) is 0 Å². The number of fused-ring (bicyclic) bond motifs is 1. The highest BCUT2D eigenvalue weighted by atomic mass is 19.4. The zero-order valence-electron chi connectivity index (χ0n) is 18.4. The fourth-order valence-corrected chi connectivity index (χ4v) is 4.45. The standard InChI is InChI=1S/C24H27F3N4O/c1-15-13-18(24(25,26)27)14-28-22(15)29-16(2)23(10-6-11-23)21-9-8-20-19(30-21)7-5-12-31(20)17(3)32-4/h8-9,13-14H,2-3,5-7,10-12H2,1,4H3,(H,28,29). The second-order valence-electron chi connectivity index (χ2n) is 8.44. The summed E-state index contributed by atoms with van der Waals surface area (Å²) in [7, 11) is 1.61. The number of nitrogens with one attached hydrogen (secondary N) is 1. The third-order valence-electron chi connectivity index (χ3n) is 6.52. The monoisotopic (exact) mass is 444 g/mol. The van der Waals surface area contributed by atoms with Crippen molar-refractivity contribution in [2.75, 3.05) is 23.9 Å². The molecular formula is C24H27F3N4O. The van der Waals surface area contributed by atoms with Crippen LogP contribution in [0.1, 0.15) is 48.2 Å². The summed E-state index contributed by atoms with van der Waals surface area (Å²) in [6.07, 6.45) is 1.03. The molecule has 0 unspecified atom stereocenters. The predicted molar refractivity (Wildman–Crippen MR) is 118 cm³/mol. The van der Waals surface area contributed by atoms with Gasteiger partial charge < -0.3 is 15.0 Å². The van der Waals surface area contributed by atoms with Gasteiger partial charge >= 0.3 is 6.18 Å². The van der Waals surface area contributed by atoms with E-state index in [0.29, 0.717) is 23.0 Å². The number of rotatable bonds is 6. The maximum Gasteiger partial charge on any atom is 0.417 e. The smallest absolute Gasteiger partial charge is 0.417 e. The predicted octanol–water partition coefficient (Wildman–Crippen LogP) is 5.72. The van der Waals surface area contributed by atoms with Crippen molar-refractivity contribution in [1.29, 1.82) is 0 Å². The summed E-state index contributed by atoms with van der Waals surface area (Å²) in [4.78, 5) is 11.0. The molecule has 1 fully saturated rings. The van der Waals surface area contributed by atoms with E-state index in [0.717, 1.165) is 68.0 Å². The Bertz CT molecular complexity index is 1060. The number of aromatic nitrogens is 2. The van der Waals surface area contributed by atoms with E-state index >= 15 is 0 Å². The van der Waals surface area contributed by atoms with E-state index in [4.69, 9.17) is 9.72 Å². The first-order valence-electron chi connectivity index (χ1n) is 10.7. The molecule has 0 atom stereocenters. The topological polar surface area (TPSA) is 50.3 Å². The molecule has 170 valence electrons. The molecule has 2 aromatic rings. The molecule has 8 heteroatoms. The minimum absolute atomic E-state index is 0.369. The summed E-state index contributed by atoms with van der Waals surface area (Å²) in [5, 5.41) is 3.19. The molecule has 1 saturated carbocycles. The number of nitrogens with zero attached hydrogens (tertiary/aromatic N) is 3. The third kappa shape index (κ3) is 3.82. The average Bonchev–Trinajstić information content (AvgIpc) is 2.72. The van der Waals surface area contributed by atoms with Crippen molar-refractivity contribution in [3.05, 3.63) is 71.6 Å². The molecule has 0 spiro atoms. The Balaban J connectivity index is 1.61. The molecule has 32 heavy (non-hydrogen) atoms. The van der Waals surface area contributed by atoms with Gasteiger partial charge in [0.2, 0.25) is 0 Å². The lowest BCUT2D eigenvalue weighted by atomic mass is 9.64. The van der Waals surface area contributed by atoms with E-state index in [2.05, 4.69) is 29.5 Å². The molecular weight excluding hydrogens is 417 g/mol. The first kappa shape index (κ1) is 22.2. The van der Waals surface area contributed by atoms with Crippen LogP contribution in [0.4, 0.5) is 24.7 Å². The number of hydrogen-bond donors (Lipinski definition) is 1. The summed E-state index contributed by atoms with van der Waals surface area (Å²) < 4.78 is 44.2. The number of aryl methyl sites for hydroxylation is 2. The second-order valence-corrected chi connectivity index (χ2v) is 8.44. The first-order chi connectivity index (χ1) is 15.2. The van der Waals surface area contributed by atoms with Crippen LogP contribution in [0.25, 0.3) is 0 Å². The van der Waals surface area contributed by atoms with Gasteiger partial charge in [0, 0.05) is 18.4 Å². The molecule has 0 amide bonds. The Hall–Kier alpha value is -3.03. The van der Waals surface area contributed by atoms with Crippen LogP contribution in [-0.2, 0) is 22.7 Å². The zero-order valence-corrected chi connectivity index (χ0v) is 18.4. The van der Waals surface area contributed by atoms with Gasteiger partial charge in [0.25, 0.3) is 0 Å². The van der Waals surface area contributed by atoms with Crippen molar-refractivity contribution in [1.82, 2.24) is 9.97 Å². The van der Waals surface area contributed by atoms with Crippen LogP contribution in [0.2, 0.25) is 0 Å². The van der Waals surface area contributed by atoms with Crippen molar-refractivity contribution >= 4 is 11.5 Å². The van der Waals surface area contributed by atoms with Gasteiger partial charge in [0.1, 0.15) is 5.82 Å². The zero-order chi connectivity index (χ0) is 23.1. The lowest BCUT2D eigenvalue weighted by Gasteiger charge is -2.44. The van der Waals surface area contributed by atoms with Gasteiger partial charge in [-0.25, -0.2) is 4.98 Å². The second kappa shape index (κ2) is 8.15. The number of pyridine rings is 2. The minimum Gasteiger partial charge on any atom is -0.483 e. The van der Waals surface area contributed by atoms with E-state index in [-0.39, 0.29) is 5.41 Å². The molecule has 1 aliphatic heterocycles.